The lowest BCUT2D eigenvalue weighted by molar-refractivity contribution is 0.816. The number of aromatic nitrogens is 2. The van der Waals surface area contributed by atoms with Gasteiger partial charge in [-0.15, -0.1) is 0 Å². The van der Waals surface area contributed by atoms with Crippen molar-refractivity contribution in [1.82, 2.24) is 9.97 Å². The Hall–Kier alpha value is -1.12. The minimum absolute atomic E-state index is 0.0154. The molecule has 3 nitrogen and oxygen atoms in total. The normalized spacial score (nSPS) is 26.1. The Morgan fingerprint density at radius 2 is 2.08 bits per heavy atom. The number of hydrogen-bond donors (Lipinski definition) is 1. The van der Waals surface area contributed by atoms with Crippen LogP contribution in [0.15, 0.2) is 4.79 Å². The van der Waals surface area contributed by atoms with Gasteiger partial charge in [-0.2, -0.15) is 0 Å². The minimum Gasteiger partial charge on any atom is -0.310 e. The van der Waals surface area contributed by atoms with E-state index in [1.54, 1.807) is 6.92 Å². The fourth-order valence-corrected chi connectivity index (χ4v) is 1.55. The van der Waals surface area contributed by atoms with Gasteiger partial charge < -0.3 is 4.98 Å². The largest absolute Gasteiger partial charge is 0.310 e. The average molecular weight is 178 g/mol. The third kappa shape index (κ3) is 1.39. The summed E-state index contributed by atoms with van der Waals surface area (Å²) >= 11 is 0. The SMILES string of the molecule is Cc1nc(C2CC2C)[nH]c(=O)c1C. The number of hydrogen-bond acceptors (Lipinski definition) is 2. The van der Waals surface area contributed by atoms with Crippen molar-refractivity contribution in [1.29, 1.82) is 0 Å². The lowest BCUT2D eigenvalue weighted by atomic mass is 10.2. The van der Waals surface area contributed by atoms with Crippen LogP contribution in [0.25, 0.3) is 0 Å². The highest BCUT2D eigenvalue weighted by atomic mass is 16.1. The number of aryl methyl sites for hydroxylation is 1. The van der Waals surface area contributed by atoms with E-state index in [4.69, 9.17) is 0 Å². The third-order valence-electron chi connectivity index (χ3n) is 2.87. The van der Waals surface area contributed by atoms with E-state index < -0.39 is 0 Å². The van der Waals surface area contributed by atoms with Crippen molar-refractivity contribution in [2.45, 2.75) is 33.1 Å². The average Bonchev–Trinajstić information content (AvgIpc) is 2.77. The summed E-state index contributed by atoms with van der Waals surface area (Å²) in [7, 11) is 0. The molecule has 1 aliphatic rings. The zero-order chi connectivity index (χ0) is 9.59. The van der Waals surface area contributed by atoms with Crippen molar-refractivity contribution in [3.05, 3.63) is 27.4 Å². The van der Waals surface area contributed by atoms with Gasteiger partial charge in [0.2, 0.25) is 0 Å². The first-order chi connectivity index (χ1) is 6.09. The molecule has 0 radical (unpaired) electrons. The van der Waals surface area contributed by atoms with Crippen molar-refractivity contribution < 1.29 is 0 Å². The molecule has 2 atom stereocenters. The first kappa shape index (κ1) is 8.48. The van der Waals surface area contributed by atoms with Gasteiger partial charge in [0.25, 0.3) is 5.56 Å². The molecule has 13 heavy (non-hydrogen) atoms. The van der Waals surface area contributed by atoms with Gasteiger partial charge in [-0.3, -0.25) is 4.79 Å². The van der Waals surface area contributed by atoms with Crippen LogP contribution in [0.2, 0.25) is 0 Å². The molecule has 2 rings (SSSR count). The van der Waals surface area contributed by atoms with Crippen molar-refractivity contribution in [2.75, 3.05) is 0 Å². The Morgan fingerprint density at radius 1 is 1.46 bits per heavy atom. The van der Waals surface area contributed by atoms with E-state index in [9.17, 15) is 4.79 Å². The molecule has 1 saturated carbocycles. The summed E-state index contributed by atoms with van der Waals surface area (Å²) in [5, 5.41) is 0. The highest BCUT2D eigenvalue weighted by Gasteiger charge is 2.36. The highest BCUT2D eigenvalue weighted by Crippen LogP contribution is 2.44. The van der Waals surface area contributed by atoms with Crippen LogP contribution in [-0.4, -0.2) is 9.97 Å². The van der Waals surface area contributed by atoms with Crippen LogP contribution in [0.1, 0.15) is 36.3 Å². The molecule has 0 aromatic carbocycles. The van der Waals surface area contributed by atoms with Crippen molar-refractivity contribution in [3.8, 4) is 0 Å². The maximum absolute atomic E-state index is 11.4. The summed E-state index contributed by atoms with van der Waals surface area (Å²) in [5.74, 6) is 2.05. The van der Waals surface area contributed by atoms with Gasteiger partial charge in [0.1, 0.15) is 5.82 Å². The van der Waals surface area contributed by atoms with Gasteiger partial charge in [-0.25, -0.2) is 4.98 Å². The van der Waals surface area contributed by atoms with E-state index in [2.05, 4.69) is 16.9 Å². The van der Waals surface area contributed by atoms with Crippen molar-refractivity contribution in [2.24, 2.45) is 5.92 Å². The van der Waals surface area contributed by atoms with Crippen LogP contribution in [-0.2, 0) is 0 Å². The second-order valence-electron chi connectivity index (χ2n) is 3.98. The van der Waals surface area contributed by atoms with E-state index in [-0.39, 0.29) is 5.56 Å². The molecule has 1 aliphatic carbocycles. The quantitative estimate of drug-likeness (QED) is 0.708. The van der Waals surface area contributed by atoms with Crippen LogP contribution in [0.3, 0.4) is 0 Å². The molecular weight excluding hydrogens is 164 g/mol. The lowest BCUT2D eigenvalue weighted by Gasteiger charge is -2.02. The first-order valence-corrected chi connectivity index (χ1v) is 4.67. The number of nitrogens with one attached hydrogen (secondary N) is 1. The van der Waals surface area contributed by atoms with E-state index in [0.29, 0.717) is 11.8 Å². The Bertz CT molecular complexity index is 394. The standard InChI is InChI=1S/C10H14N2O/c1-5-4-8(5)9-11-7(3)6(2)10(13)12-9/h5,8H,4H2,1-3H3,(H,11,12,13). The maximum atomic E-state index is 11.4. The molecule has 1 aromatic heterocycles. The van der Waals surface area contributed by atoms with Gasteiger partial charge in [0.15, 0.2) is 0 Å². The predicted molar refractivity (Wildman–Crippen MR) is 50.9 cm³/mol. The van der Waals surface area contributed by atoms with Crippen LogP contribution < -0.4 is 5.56 Å². The summed E-state index contributed by atoms with van der Waals surface area (Å²) in [6.45, 7) is 5.88. The number of nitrogens with zero attached hydrogens (tertiary/aromatic N) is 1. The fourth-order valence-electron chi connectivity index (χ4n) is 1.55. The van der Waals surface area contributed by atoms with E-state index in [0.717, 1.165) is 23.5 Å². The monoisotopic (exact) mass is 178 g/mol. The zero-order valence-electron chi connectivity index (χ0n) is 8.22. The third-order valence-corrected chi connectivity index (χ3v) is 2.87. The molecule has 0 aliphatic heterocycles. The molecule has 0 amide bonds. The maximum Gasteiger partial charge on any atom is 0.254 e. The number of aromatic amines is 1. The molecule has 70 valence electrons. The first-order valence-electron chi connectivity index (χ1n) is 4.67. The summed E-state index contributed by atoms with van der Waals surface area (Å²) in [4.78, 5) is 18.6. The second-order valence-corrected chi connectivity index (χ2v) is 3.98. The van der Waals surface area contributed by atoms with Gasteiger partial charge in [0, 0.05) is 17.2 Å². The molecule has 0 bridgehead atoms. The van der Waals surface area contributed by atoms with Crippen LogP contribution in [0, 0.1) is 19.8 Å². The summed E-state index contributed by atoms with van der Waals surface area (Å²) < 4.78 is 0. The van der Waals surface area contributed by atoms with E-state index in [1.165, 1.54) is 0 Å². The van der Waals surface area contributed by atoms with Gasteiger partial charge in [0.05, 0.1) is 0 Å². The Kier molecular flexibility index (Phi) is 1.75. The lowest BCUT2D eigenvalue weighted by Crippen LogP contribution is -2.16. The van der Waals surface area contributed by atoms with E-state index in [1.807, 2.05) is 6.92 Å². The highest BCUT2D eigenvalue weighted by molar-refractivity contribution is 5.18. The molecule has 0 spiro atoms. The predicted octanol–water partition coefficient (Wildman–Crippen LogP) is 1.51. The second kappa shape index (κ2) is 2.69. The molecular formula is C10H14N2O. The fraction of sp³-hybridized carbons (Fsp3) is 0.600. The van der Waals surface area contributed by atoms with Crippen LogP contribution in [0.5, 0.6) is 0 Å². The van der Waals surface area contributed by atoms with Crippen molar-refractivity contribution >= 4 is 0 Å². The summed E-state index contributed by atoms with van der Waals surface area (Å²) in [5.41, 5.74) is 1.61. The molecule has 1 N–H and O–H groups in total. The molecule has 1 aromatic rings. The summed E-state index contributed by atoms with van der Waals surface area (Å²) in [6, 6.07) is 0. The Morgan fingerprint density at radius 3 is 2.54 bits per heavy atom. The van der Waals surface area contributed by atoms with E-state index >= 15 is 0 Å². The Balaban J connectivity index is 2.45. The number of rotatable bonds is 1. The van der Waals surface area contributed by atoms with Crippen molar-refractivity contribution in [3.63, 3.8) is 0 Å². The van der Waals surface area contributed by atoms with Crippen LogP contribution >= 0.6 is 0 Å². The minimum atomic E-state index is 0.0154. The topological polar surface area (TPSA) is 45.8 Å². The Labute approximate surface area is 77.2 Å². The smallest absolute Gasteiger partial charge is 0.254 e. The molecule has 2 unspecified atom stereocenters. The zero-order valence-corrected chi connectivity index (χ0v) is 8.22. The molecule has 1 heterocycles. The molecule has 1 fully saturated rings. The summed E-state index contributed by atoms with van der Waals surface area (Å²) in [6.07, 6.45) is 1.16. The molecule has 3 heteroatoms. The molecule has 0 saturated heterocycles. The number of H-pyrrole nitrogens is 1. The van der Waals surface area contributed by atoms with Crippen LogP contribution in [0.4, 0.5) is 0 Å². The van der Waals surface area contributed by atoms with Gasteiger partial charge in [-0.1, -0.05) is 6.92 Å². The van der Waals surface area contributed by atoms with Gasteiger partial charge in [-0.05, 0) is 26.2 Å². The van der Waals surface area contributed by atoms with Gasteiger partial charge >= 0.3 is 0 Å².